The van der Waals surface area contributed by atoms with Gasteiger partial charge in [0.1, 0.15) is 23.1 Å². The number of hydrogen-bond acceptors (Lipinski definition) is 11. The number of hydrogen-bond donors (Lipinski definition) is 4. The highest BCUT2D eigenvalue weighted by atomic mass is 19.1. The molecule has 0 spiro atoms. The third kappa shape index (κ3) is 8.84. The fraction of sp³-hybridized carbons (Fsp3) is 0.548. The summed E-state index contributed by atoms with van der Waals surface area (Å²) < 4.78 is 36.0. The van der Waals surface area contributed by atoms with Crippen LogP contribution in [-0.2, 0) is 19.1 Å². The van der Waals surface area contributed by atoms with Gasteiger partial charge in [0.2, 0.25) is 23.7 Å². The molecule has 4 N–H and O–H groups in total. The van der Waals surface area contributed by atoms with E-state index in [1.54, 1.807) is 12.1 Å². The fourth-order valence-electron chi connectivity index (χ4n) is 9.28. The minimum absolute atomic E-state index is 0.0599. The number of anilines is 4. The Labute approximate surface area is 332 Å². The summed E-state index contributed by atoms with van der Waals surface area (Å²) in [7, 11) is 0. The highest BCUT2D eigenvalue weighted by molar-refractivity contribution is 6.01. The molecule has 3 amide bonds. The highest BCUT2D eigenvalue weighted by Gasteiger charge is 2.46. The number of halogens is 2. The molecule has 4 heterocycles. The lowest BCUT2D eigenvalue weighted by Gasteiger charge is -2.49. The van der Waals surface area contributed by atoms with Gasteiger partial charge >= 0.3 is 0 Å². The summed E-state index contributed by atoms with van der Waals surface area (Å²) in [6.07, 6.45) is 9.86. The van der Waals surface area contributed by atoms with Gasteiger partial charge in [-0.15, -0.1) is 0 Å². The van der Waals surface area contributed by atoms with E-state index < -0.39 is 23.3 Å². The highest BCUT2D eigenvalue weighted by Crippen LogP contribution is 2.37. The topological polar surface area (TPSA) is 144 Å². The van der Waals surface area contributed by atoms with Gasteiger partial charge in [-0.3, -0.25) is 24.6 Å². The number of piperidine rings is 1. The number of nitrogens with zero attached hydrogens (tertiary/aromatic N) is 5. The van der Waals surface area contributed by atoms with Gasteiger partial charge in [0, 0.05) is 74.7 Å². The average molecular weight is 786 g/mol. The van der Waals surface area contributed by atoms with Crippen LogP contribution >= 0.6 is 0 Å². The molecule has 3 saturated heterocycles. The SMILES string of the molecule is O=C1CCC(Nc2ccc(N3CCN(C4(C(=O)NC5CCC(Nc6ncc(F)c(-c7cccc(N8CCOCC8)c7)n6)CC5)CCCCC4)CC3)c(F)c2)C(=O)N1. The van der Waals surface area contributed by atoms with E-state index in [2.05, 4.69) is 41.0 Å². The number of piperazine rings is 1. The maximum atomic E-state index is 15.4. The number of benzene rings is 2. The van der Waals surface area contributed by atoms with Crippen molar-refractivity contribution >= 4 is 40.7 Å². The van der Waals surface area contributed by atoms with Crippen LogP contribution in [0, 0.1) is 11.6 Å². The number of amides is 3. The standard InChI is InChI=1S/C42H53F2N9O4/c43-33-26-31(46-35-12-14-37(54)49-39(35)55)11-13-36(33)52-17-19-53(20-18-52)42(15-2-1-3-16-42)40(56)47-29-7-9-30(10-8-29)48-41-45-27-34(44)38(50-41)28-5-4-6-32(25-28)51-21-23-57-24-22-51/h4-6,11,13,25-27,29-30,35,46H,1-3,7-10,12,14-24H2,(H,47,56)(H,45,48,50)(H,49,54,55). The second kappa shape index (κ2) is 17.3. The lowest BCUT2D eigenvalue weighted by atomic mass is 9.78. The number of carbonyl (C=O) groups is 3. The number of carbonyl (C=O) groups excluding carboxylic acids is 3. The number of rotatable bonds is 10. The van der Waals surface area contributed by atoms with Crippen LogP contribution in [0.2, 0.25) is 0 Å². The zero-order valence-corrected chi connectivity index (χ0v) is 32.4. The van der Waals surface area contributed by atoms with Crippen molar-refractivity contribution in [3.8, 4) is 11.3 Å². The van der Waals surface area contributed by atoms with Gasteiger partial charge in [0.25, 0.3) is 0 Å². The Morgan fingerprint density at radius 1 is 0.825 bits per heavy atom. The van der Waals surface area contributed by atoms with Crippen LogP contribution < -0.4 is 31.1 Å². The van der Waals surface area contributed by atoms with E-state index in [1.165, 1.54) is 12.3 Å². The van der Waals surface area contributed by atoms with Gasteiger partial charge in [-0.05, 0) is 75.3 Å². The van der Waals surface area contributed by atoms with Crippen molar-refractivity contribution in [2.75, 3.05) is 72.9 Å². The molecule has 15 heteroatoms. The van der Waals surface area contributed by atoms with Crippen molar-refractivity contribution in [2.24, 2.45) is 0 Å². The quantitative estimate of drug-likeness (QED) is 0.210. The summed E-state index contributed by atoms with van der Waals surface area (Å²) in [5.74, 6) is -1.03. The molecule has 2 aromatic carbocycles. The summed E-state index contributed by atoms with van der Waals surface area (Å²) >= 11 is 0. The Morgan fingerprint density at radius 3 is 2.32 bits per heavy atom. The van der Waals surface area contributed by atoms with Crippen molar-refractivity contribution < 1.29 is 27.9 Å². The zero-order chi connectivity index (χ0) is 39.4. The Hall–Kier alpha value is -4.89. The normalized spacial score (nSPS) is 24.4. The molecule has 0 radical (unpaired) electrons. The first-order valence-electron chi connectivity index (χ1n) is 20.7. The number of imide groups is 1. The van der Waals surface area contributed by atoms with E-state index >= 15 is 8.78 Å². The van der Waals surface area contributed by atoms with Crippen molar-refractivity contribution in [1.82, 2.24) is 25.5 Å². The monoisotopic (exact) mass is 785 g/mol. The van der Waals surface area contributed by atoms with Gasteiger partial charge in [-0.2, -0.15) is 0 Å². The van der Waals surface area contributed by atoms with Crippen LogP contribution in [-0.4, -0.2) is 109 Å². The van der Waals surface area contributed by atoms with Gasteiger partial charge < -0.3 is 30.5 Å². The maximum Gasteiger partial charge on any atom is 0.249 e. The Bertz CT molecular complexity index is 1920. The lowest BCUT2D eigenvalue weighted by molar-refractivity contribution is -0.137. The molecule has 1 aromatic heterocycles. The first-order chi connectivity index (χ1) is 27.7. The zero-order valence-electron chi connectivity index (χ0n) is 32.4. The van der Waals surface area contributed by atoms with Crippen LogP contribution in [0.3, 0.4) is 0 Å². The molecule has 2 saturated carbocycles. The van der Waals surface area contributed by atoms with E-state index in [0.717, 1.165) is 76.6 Å². The van der Waals surface area contributed by atoms with E-state index in [0.29, 0.717) is 68.7 Å². The van der Waals surface area contributed by atoms with Gasteiger partial charge in [-0.25, -0.2) is 18.7 Å². The molecule has 8 rings (SSSR count). The summed E-state index contributed by atoms with van der Waals surface area (Å²) in [6.45, 7) is 5.40. The third-order valence-electron chi connectivity index (χ3n) is 12.5. The van der Waals surface area contributed by atoms with Crippen LogP contribution in [0.25, 0.3) is 11.3 Å². The largest absolute Gasteiger partial charge is 0.378 e. The first-order valence-corrected chi connectivity index (χ1v) is 20.7. The predicted octanol–water partition coefficient (Wildman–Crippen LogP) is 4.84. The molecule has 5 fully saturated rings. The number of ether oxygens (including phenoxy) is 1. The van der Waals surface area contributed by atoms with Crippen LogP contribution in [0.4, 0.5) is 31.8 Å². The lowest BCUT2D eigenvalue weighted by Crippen LogP contribution is -2.65. The van der Waals surface area contributed by atoms with Crippen molar-refractivity contribution in [1.29, 1.82) is 0 Å². The van der Waals surface area contributed by atoms with Crippen LogP contribution in [0.5, 0.6) is 0 Å². The molecule has 0 bridgehead atoms. The average Bonchev–Trinajstić information content (AvgIpc) is 3.24. The van der Waals surface area contributed by atoms with Gasteiger partial charge in [0.05, 0.1) is 25.1 Å². The molecule has 57 heavy (non-hydrogen) atoms. The Kier molecular flexibility index (Phi) is 11.8. The second-order valence-corrected chi connectivity index (χ2v) is 16.1. The number of nitrogens with one attached hydrogen (secondary N) is 4. The summed E-state index contributed by atoms with van der Waals surface area (Å²) in [5.41, 5.74) is 2.40. The molecular weight excluding hydrogens is 733 g/mol. The van der Waals surface area contributed by atoms with Crippen molar-refractivity contribution in [3.05, 3.63) is 60.3 Å². The predicted molar refractivity (Wildman–Crippen MR) is 214 cm³/mol. The van der Waals surface area contributed by atoms with Gasteiger partial charge in [0.15, 0.2) is 5.82 Å². The summed E-state index contributed by atoms with van der Waals surface area (Å²) in [5, 5.41) is 12.3. The molecule has 13 nitrogen and oxygen atoms in total. The Morgan fingerprint density at radius 2 is 1.58 bits per heavy atom. The molecule has 1 atom stereocenters. The summed E-state index contributed by atoms with van der Waals surface area (Å²) in [6, 6.07) is 12.3. The molecule has 3 aromatic rings. The van der Waals surface area contributed by atoms with Crippen LogP contribution in [0.1, 0.15) is 70.6 Å². The molecule has 3 aliphatic heterocycles. The van der Waals surface area contributed by atoms with Crippen LogP contribution in [0.15, 0.2) is 48.7 Å². The maximum absolute atomic E-state index is 15.4. The molecule has 2 aliphatic carbocycles. The van der Waals surface area contributed by atoms with E-state index in [-0.39, 0.29) is 41.8 Å². The Balaban J connectivity index is 0.844. The molecule has 1 unspecified atom stereocenters. The minimum atomic E-state index is -0.582. The molecular formula is C42H53F2N9O4. The van der Waals surface area contributed by atoms with E-state index in [9.17, 15) is 14.4 Å². The fourth-order valence-corrected chi connectivity index (χ4v) is 9.28. The van der Waals surface area contributed by atoms with E-state index in [1.807, 2.05) is 29.2 Å². The van der Waals surface area contributed by atoms with Gasteiger partial charge in [-0.1, -0.05) is 31.4 Å². The molecule has 304 valence electrons. The minimum Gasteiger partial charge on any atom is -0.378 e. The van der Waals surface area contributed by atoms with E-state index in [4.69, 9.17) is 4.74 Å². The smallest absolute Gasteiger partial charge is 0.249 e. The number of aromatic nitrogens is 2. The molecule has 5 aliphatic rings. The number of morpholine rings is 1. The second-order valence-electron chi connectivity index (χ2n) is 16.1. The summed E-state index contributed by atoms with van der Waals surface area (Å²) in [4.78, 5) is 53.4. The third-order valence-corrected chi connectivity index (χ3v) is 12.5. The van der Waals surface area contributed by atoms with Crippen molar-refractivity contribution in [3.63, 3.8) is 0 Å². The van der Waals surface area contributed by atoms with Crippen molar-refractivity contribution in [2.45, 2.75) is 94.3 Å². The first kappa shape index (κ1) is 39.0.